The monoisotopic (exact) mass is 435 g/mol. The number of rotatable bonds is 2. The number of nitrogens with two attached hydrogens (primary N) is 1. The van der Waals surface area contributed by atoms with Crippen LogP contribution in [0, 0.1) is 0 Å². The van der Waals surface area contributed by atoms with Crippen LogP contribution in [0.15, 0.2) is 30.7 Å². The van der Waals surface area contributed by atoms with Crippen molar-refractivity contribution in [2.24, 2.45) is 12.8 Å². The molecule has 0 amide bonds. The Kier molecular flexibility index (Phi) is 5.10. The van der Waals surface area contributed by atoms with Gasteiger partial charge in [-0.1, -0.05) is 17.7 Å². The summed E-state index contributed by atoms with van der Waals surface area (Å²) in [5.41, 5.74) is 9.70. The number of hydrogen-bond acceptors (Lipinski definition) is 5. The molecule has 152 valence electrons. The third-order valence-electron chi connectivity index (χ3n) is 5.31. The maximum atomic E-state index is 14.0. The summed E-state index contributed by atoms with van der Waals surface area (Å²) >= 11 is 6.65. The Bertz CT molecular complexity index is 1190. The van der Waals surface area contributed by atoms with E-state index in [1.807, 2.05) is 36.5 Å². The van der Waals surface area contributed by atoms with E-state index in [0.29, 0.717) is 29.5 Å². The van der Waals surface area contributed by atoms with Crippen molar-refractivity contribution in [1.29, 1.82) is 0 Å². The minimum atomic E-state index is -1.06. The van der Waals surface area contributed by atoms with Crippen LogP contribution < -0.4 is 10.6 Å². The van der Waals surface area contributed by atoms with Crippen LogP contribution in [0.3, 0.4) is 0 Å². The van der Waals surface area contributed by atoms with Crippen LogP contribution in [0.25, 0.3) is 33.2 Å². The number of piperidine rings is 1. The molecule has 1 aliphatic heterocycles. The normalized spacial score (nSPS) is 19.7. The van der Waals surface area contributed by atoms with Crippen LogP contribution in [0.2, 0.25) is 5.02 Å². The van der Waals surface area contributed by atoms with Gasteiger partial charge in [0.15, 0.2) is 5.65 Å². The first-order chi connectivity index (χ1) is 13.5. The van der Waals surface area contributed by atoms with E-state index in [1.54, 1.807) is 10.9 Å². The van der Waals surface area contributed by atoms with E-state index in [-0.39, 0.29) is 19.0 Å². The molecule has 0 bridgehead atoms. The molecule has 2 atom stereocenters. The molecule has 4 heterocycles. The molecule has 1 saturated heterocycles. The Morgan fingerprint density at radius 2 is 2.14 bits per heavy atom. The van der Waals surface area contributed by atoms with Gasteiger partial charge in [0.05, 0.1) is 23.3 Å². The topological polar surface area (TPSA) is 88.7 Å². The van der Waals surface area contributed by atoms with E-state index in [9.17, 15) is 4.39 Å². The second kappa shape index (κ2) is 7.44. The first-order valence-electron chi connectivity index (χ1n) is 9.12. The van der Waals surface area contributed by atoms with Gasteiger partial charge >= 0.3 is 0 Å². The van der Waals surface area contributed by atoms with Gasteiger partial charge in [-0.25, -0.2) is 14.4 Å². The Balaban J connectivity index is 0.00000205. The largest absolute Gasteiger partial charge is 0.352 e. The molecule has 10 heteroatoms. The molecule has 0 aliphatic carbocycles. The number of aryl methyl sites for hydroxylation is 1. The number of alkyl halides is 1. The highest BCUT2D eigenvalue weighted by molar-refractivity contribution is 6.38. The summed E-state index contributed by atoms with van der Waals surface area (Å²) in [6.45, 7) is 0.900. The Labute approximate surface area is 177 Å². The summed E-state index contributed by atoms with van der Waals surface area (Å²) < 4.78 is 15.7. The van der Waals surface area contributed by atoms with Gasteiger partial charge < -0.3 is 15.6 Å². The number of nitrogens with zero attached hydrogens (tertiary/aromatic N) is 5. The van der Waals surface area contributed by atoms with Gasteiger partial charge in [-0.05, 0) is 12.5 Å². The zero-order valence-corrected chi connectivity index (χ0v) is 17.2. The van der Waals surface area contributed by atoms with E-state index >= 15 is 0 Å². The van der Waals surface area contributed by atoms with E-state index in [1.165, 1.54) is 0 Å². The summed E-state index contributed by atoms with van der Waals surface area (Å²) in [7, 11) is 1.87. The van der Waals surface area contributed by atoms with Gasteiger partial charge in [0.2, 0.25) is 0 Å². The molecule has 3 N–H and O–H groups in total. The number of hydrogen-bond donors (Lipinski definition) is 2. The maximum absolute atomic E-state index is 14.0. The van der Waals surface area contributed by atoms with Crippen LogP contribution in [0.1, 0.15) is 6.42 Å². The van der Waals surface area contributed by atoms with E-state index in [0.717, 1.165) is 27.5 Å². The van der Waals surface area contributed by atoms with Crippen molar-refractivity contribution in [3.63, 3.8) is 0 Å². The third-order valence-corrected chi connectivity index (χ3v) is 5.72. The number of H-pyrrole nitrogens is 1. The van der Waals surface area contributed by atoms with E-state index < -0.39 is 12.2 Å². The third kappa shape index (κ3) is 3.31. The highest BCUT2D eigenvalue weighted by Crippen LogP contribution is 2.37. The average Bonchev–Trinajstić information content (AvgIpc) is 3.27. The summed E-state index contributed by atoms with van der Waals surface area (Å²) in [5.74, 6) is 0.643. The minimum Gasteiger partial charge on any atom is -0.352 e. The van der Waals surface area contributed by atoms with Crippen molar-refractivity contribution in [3.05, 3.63) is 35.7 Å². The Hall–Kier alpha value is -2.42. The quantitative estimate of drug-likeness (QED) is 0.503. The average molecular weight is 436 g/mol. The first kappa shape index (κ1) is 19.9. The fraction of sp³-hybridized carbons (Fsp3) is 0.316. The molecule has 1 aliphatic rings. The van der Waals surface area contributed by atoms with Crippen LogP contribution in [-0.4, -0.2) is 50.0 Å². The molecular weight excluding hydrogens is 416 g/mol. The molecular formula is C19H20Cl2FN7. The number of anilines is 1. The number of halogens is 3. The molecule has 29 heavy (non-hydrogen) atoms. The van der Waals surface area contributed by atoms with Gasteiger partial charge in [0.1, 0.15) is 17.5 Å². The predicted octanol–water partition coefficient (Wildman–Crippen LogP) is 3.46. The number of nitrogens with one attached hydrogen (secondary N) is 1. The molecule has 5 rings (SSSR count). The smallest absolute Gasteiger partial charge is 0.159 e. The number of benzene rings is 1. The summed E-state index contributed by atoms with van der Waals surface area (Å²) in [6, 6.07) is 3.47. The molecule has 1 fully saturated rings. The lowest BCUT2D eigenvalue weighted by Gasteiger charge is -2.33. The molecule has 3 aromatic heterocycles. The number of fused-ring (bicyclic) bond motifs is 2. The SMILES string of the molecule is Cl.Cn1cc2c(Cl)c(-c3c[nH]c4nc(N5CC[C@H](N)[C@H](F)C5)cnc34)ccc2n1. The van der Waals surface area contributed by atoms with Crippen molar-refractivity contribution in [3.8, 4) is 11.1 Å². The lowest BCUT2D eigenvalue weighted by molar-refractivity contribution is 0.251. The van der Waals surface area contributed by atoms with Gasteiger partial charge in [0, 0.05) is 48.5 Å². The van der Waals surface area contributed by atoms with Crippen LogP contribution >= 0.6 is 24.0 Å². The number of aromatic amines is 1. The molecule has 0 unspecified atom stereocenters. The second-order valence-electron chi connectivity index (χ2n) is 7.20. The predicted molar refractivity (Wildman–Crippen MR) is 116 cm³/mol. The molecule has 0 saturated carbocycles. The fourth-order valence-electron chi connectivity index (χ4n) is 3.76. The molecule has 7 nitrogen and oxygen atoms in total. The van der Waals surface area contributed by atoms with Crippen LogP contribution in [0.5, 0.6) is 0 Å². The van der Waals surface area contributed by atoms with Crippen molar-refractivity contribution in [2.45, 2.75) is 18.6 Å². The van der Waals surface area contributed by atoms with Gasteiger partial charge in [-0.15, -0.1) is 12.4 Å². The highest BCUT2D eigenvalue weighted by Gasteiger charge is 2.27. The summed E-state index contributed by atoms with van der Waals surface area (Å²) in [5, 5.41) is 5.90. The molecule has 0 spiro atoms. The van der Waals surface area contributed by atoms with Crippen LogP contribution in [0.4, 0.5) is 10.2 Å². The van der Waals surface area contributed by atoms with Crippen LogP contribution in [-0.2, 0) is 7.05 Å². The van der Waals surface area contributed by atoms with Crippen molar-refractivity contribution in [1.82, 2.24) is 24.7 Å². The summed E-state index contributed by atoms with van der Waals surface area (Å²) in [6.07, 6.45) is 4.96. The molecule has 1 aromatic carbocycles. The van der Waals surface area contributed by atoms with Gasteiger partial charge in [-0.3, -0.25) is 4.68 Å². The Morgan fingerprint density at radius 3 is 2.93 bits per heavy atom. The Morgan fingerprint density at radius 1 is 1.31 bits per heavy atom. The molecule has 4 aromatic rings. The highest BCUT2D eigenvalue weighted by atomic mass is 35.5. The lowest BCUT2D eigenvalue weighted by Crippen LogP contribution is -2.48. The minimum absolute atomic E-state index is 0. The first-order valence-corrected chi connectivity index (χ1v) is 9.50. The summed E-state index contributed by atoms with van der Waals surface area (Å²) in [4.78, 5) is 14.3. The van der Waals surface area contributed by atoms with Gasteiger partial charge in [0.25, 0.3) is 0 Å². The zero-order chi connectivity index (χ0) is 19.4. The van der Waals surface area contributed by atoms with Gasteiger partial charge in [-0.2, -0.15) is 5.10 Å². The zero-order valence-electron chi connectivity index (χ0n) is 15.6. The maximum Gasteiger partial charge on any atom is 0.159 e. The number of aromatic nitrogens is 5. The van der Waals surface area contributed by atoms with Crippen molar-refractivity contribution >= 4 is 51.9 Å². The van der Waals surface area contributed by atoms with E-state index in [2.05, 4.69) is 20.1 Å². The van der Waals surface area contributed by atoms with E-state index in [4.69, 9.17) is 17.3 Å². The van der Waals surface area contributed by atoms with Crippen molar-refractivity contribution in [2.75, 3.05) is 18.0 Å². The standard InChI is InChI=1S/C19H19ClFN7.ClH/c1-27-8-12-15(26-27)3-2-10(17(12)20)11-6-24-19-18(11)23-7-16(25-19)28-5-4-14(22)13(21)9-28;/h2-3,6-8,13-14H,4-5,9,22H2,1H3,(H,24,25);1H/t13-,14+;/m1./s1. The fourth-order valence-corrected chi connectivity index (χ4v) is 4.07. The molecule has 0 radical (unpaired) electrons. The van der Waals surface area contributed by atoms with Crippen molar-refractivity contribution < 1.29 is 4.39 Å². The lowest BCUT2D eigenvalue weighted by atomic mass is 10.0. The second-order valence-corrected chi connectivity index (χ2v) is 7.58.